The van der Waals surface area contributed by atoms with Gasteiger partial charge in [0.25, 0.3) is 0 Å². The molecule has 0 aliphatic rings. The standard InChI is InChI=1S/C20H26ClF2N2O6P/c1-6-28-32(27,29-7-2)15(17(26)30-19(3,4)5)12-16-24-18(31-25-16)20(22,23)13-8-10-14(21)11-9-13/h8-11,15H,6-7,12H2,1-5H3. The number of alkyl halides is 2. The molecule has 0 saturated heterocycles. The number of benzene rings is 1. The number of esters is 1. The molecule has 1 heterocycles. The Labute approximate surface area is 190 Å². The molecule has 0 aliphatic heterocycles. The molecule has 12 heteroatoms. The number of carbonyl (C=O) groups excluding carboxylic acids is 1. The first kappa shape index (κ1) is 26.4. The van der Waals surface area contributed by atoms with Crippen molar-refractivity contribution in [2.24, 2.45) is 0 Å². The molecule has 1 unspecified atom stereocenters. The maximum absolute atomic E-state index is 14.8. The highest BCUT2D eigenvalue weighted by Crippen LogP contribution is 2.54. The molecule has 0 spiro atoms. The Balaban J connectivity index is 2.37. The van der Waals surface area contributed by atoms with Gasteiger partial charge in [-0.05, 0) is 46.8 Å². The van der Waals surface area contributed by atoms with Crippen molar-refractivity contribution in [1.82, 2.24) is 10.1 Å². The van der Waals surface area contributed by atoms with E-state index in [0.717, 1.165) is 12.1 Å². The highest BCUT2D eigenvalue weighted by Gasteiger charge is 2.46. The number of rotatable bonds is 10. The maximum atomic E-state index is 14.8. The molecule has 2 aromatic rings. The summed E-state index contributed by atoms with van der Waals surface area (Å²) in [6.07, 6.45) is -0.452. The van der Waals surface area contributed by atoms with Crippen molar-refractivity contribution < 1.29 is 36.4 Å². The van der Waals surface area contributed by atoms with Crippen LogP contribution >= 0.6 is 19.2 Å². The number of hydrogen-bond acceptors (Lipinski definition) is 8. The lowest BCUT2D eigenvalue weighted by Gasteiger charge is -2.27. The zero-order valence-corrected chi connectivity index (χ0v) is 20.1. The van der Waals surface area contributed by atoms with Gasteiger partial charge in [-0.25, -0.2) is 0 Å². The van der Waals surface area contributed by atoms with Crippen LogP contribution in [0, 0.1) is 0 Å². The van der Waals surface area contributed by atoms with Crippen LogP contribution in [0.15, 0.2) is 28.8 Å². The second-order valence-electron chi connectivity index (χ2n) is 7.73. The summed E-state index contributed by atoms with van der Waals surface area (Å²) in [6, 6.07) is 4.88. The Morgan fingerprint density at radius 3 is 2.22 bits per heavy atom. The van der Waals surface area contributed by atoms with Gasteiger partial charge < -0.3 is 18.3 Å². The quantitative estimate of drug-likeness (QED) is 0.320. The molecule has 0 aliphatic carbocycles. The molecule has 178 valence electrons. The lowest BCUT2D eigenvalue weighted by molar-refractivity contribution is -0.154. The summed E-state index contributed by atoms with van der Waals surface area (Å²) < 4.78 is 63.6. The number of ether oxygens (including phenoxy) is 1. The van der Waals surface area contributed by atoms with Gasteiger partial charge in [0.15, 0.2) is 11.5 Å². The van der Waals surface area contributed by atoms with E-state index in [1.165, 1.54) is 12.1 Å². The van der Waals surface area contributed by atoms with Gasteiger partial charge in [0, 0.05) is 17.0 Å². The van der Waals surface area contributed by atoms with Crippen molar-refractivity contribution in [3.05, 3.63) is 46.6 Å². The summed E-state index contributed by atoms with van der Waals surface area (Å²) in [7, 11) is -4.03. The smallest absolute Gasteiger partial charge is 0.350 e. The van der Waals surface area contributed by atoms with Gasteiger partial charge in [0.1, 0.15) is 5.60 Å². The van der Waals surface area contributed by atoms with Gasteiger partial charge in [-0.15, -0.1) is 0 Å². The van der Waals surface area contributed by atoms with E-state index in [1.807, 2.05) is 0 Å². The van der Waals surface area contributed by atoms with E-state index in [1.54, 1.807) is 34.6 Å². The van der Waals surface area contributed by atoms with Crippen LogP contribution < -0.4 is 0 Å². The van der Waals surface area contributed by atoms with Crippen LogP contribution in [0.3, 0.4) is 0 Å². The molecule has 0 radical (unpaired) electrons. The first-order valence-corrected chi connectivity index (χ1v) is 11.9. The minimum Gasteiger partial charge on any atom is -0.459 e. The number of halogens is 3. The van der Waals surface area contributed by atoms with Gasteiger partial charge in [0.05, 0.1) is 13.2 Å². The molecule has 0 bridgehead atoms. The van der Waals surface area contributed by atoms with E-state index in [0.29, 0.717) is 5.02 Å². The van der Waals surface area contributed by atoms with Gasteiger partial charge >= 0.3 is 25.4 Å². The van der Waals surface area contributed by atoms with Gasteiger partial charge in [-0.2, -0.15) is 13.8 Å². The highest BCUT2D eigenvalue weighted by molar-refractivity contribution is 7.55. The number of carbonyl (C=O) groups is 1. The molecular weight excluding hydrogens is 469 g/mol. The predicted molar refractivity (Wildman–Crippen MR) is 113 cm³/mol. The molecule has 0 saturated carbocycles. The second kappa shape index (κ2) is 10.4. The Hall–Kier alpha value is -1.87. The average molecular weight is 495 g/mol. The Morgan fingerprint density at radius 2 is 1.72 bits per heavy atom. The number of hydrogen-bond donors (Lipinski definition) is 0. The van der Waals surface area contributed by atoms with E-state index >= 15 is 0 Å². The van der Waals surface area contributed by atoms with Crippen molar-refractivity contribution in [1.29, 1.82) is 0 Å². The first-order valence-electron chi connectivity index (χ1n) is 9.91. The SMILES string of the molecule is CCOP(=O)(OCC)C(Cc1noc(C(F)(F)c2ccc(Cl)cc2)n1)C(=O)OC(C)(C)C. The first-order chi connectivity index (χ1) is 14.8. The number of nitrogens with zero attached hydrogens (tertiary/aromatic N) is 2. The molecule has 0 N–H and O–H groups in total. The van der Waals surface area contributed by atoms with Gasteiger partial charge in [-0.1, -0.05) is 28.9 Å². The fraction of sp³-hybridized carbons (Fsp3) is 0.550. The molecule has 1 aromatic carbocycles. The van der Waals surface area contributed by atoms with Gasteiger partial charge in [-0.3, -0.25) is 9.36 Å². The van der Waals surface area contributed by atoms with Crippen molar-refractivity contribution in [3.8, 4) is 0 Å². The van der Waals surface area contributed by atoms with Crippen LogP contribution in [-0.4, -0.2) is 40.6 Å². The van der Waals surface area contributed by atoms with Crippen LogP contribution in [0.5, 0.6) is 0 Å². The summed E-state index contributed by atoms with van der Waals surface area (Å²) >= 11 is 5.75. The highest BCUT2D eigenvalue weighted by atomic mass is 35.5. The lowest BCUT2D eigenvalue weighted by atomic mass is 10.1. The number of aromatic nitrogens is 2. The summed E-state index contributed by atoms with van der Waals surface area (Å²) in [6.45, 7) is 8.04. The summed E-state index contributed by atoms with van der Waals surface area (Å²) in [5.41, 5.74) is -2.78. The van der Waals surface area contributed by atoms with Gasteiger partial charge in [0.2, 0.25) is 0 Å². The fourth-order valence-electron chi connectivity index (χ4n) is 2.69. The topological polar surface area (TPSA) is 101 Å². The van der Waals surface area contributed by atoms with Crippen LogP contribution in [-0.2, 0) is 35.5 Å². The Kier molecular flexibility index (Phi) is 8.56. The second-order valence-corrected chi connectivity index (χ2v) is 10.4. The molecule has 2 rings (SSSR count). The van der Waals surface area contributed by atoms with Crippen LogP contribution in [0.2, 0.25) is 5.02 Å². The normalized spacial score (nSPS) is 13.8. The van der Waals surface area contributed by atoms with E-state index < -0.39 is 48.6 Å². The monoisotopic (exact) mass is 494 g/mol. The zero-order chi connectivity index (χ0) is 24.2. The van der Waals surface area contributed by atoms with Crippen molar-refractivity contribution >= 4 is 25.2 Å². The third kappa shape index (κ3) is 6.57. The lowest BCUT2D eigenvalue weighted by Crippen LogP contribution is -2.34. The van der Waals surface area contributed by atoms with E-state index in [4.69, 9.17) is 29.9 Å². The van der Waals surface area contributed by atoms with Crippen molar-refractivity contribution in [3.63, 3.8) is 0 Å². The molecular formula is C20H26ClF2N2O6P. The maximum Gasteiger partial charge on any atom is 0.350 e. The zero-order valence-electron chi connectivity index (χ0n) is 18.4. The Bertz CT molecular complexity index is 952. The predicted octanol–water partition coefficient (Wildman–Crippen LogP) is 5.38. The third-order valence-corrected chi connectivity index (χ3v) is 6.64. The largest absolute Gasteiger partial charge is 0.459 e. The average Bonchev–Trinajstić information content (AvgIpc) is 3.15. The Morgan fingerprint density at radius 1 is 1.16 bits per heavy atom. The third-order valence-electron chi connectivity index (χ3n) is 4.00. The summed E-state index contributed by atoms with van der Waals surface area (Å²) in [4.78, 5) is 16.5. The van der Waals surface area contributed by atoms with Crippen LogP contribution in [0.4, 0.5) is 8.78 Å². The molecule has 1 atom stereocenters. The summed E-state index contributed by atoms with van der Waals surface area (Å²) in [5.74, 6) is -5.76. The van der Waals surface area contributed by atoms with E-state index in [-0.39, 0.29) is 19.0 Å². The molecule has 32 heavy (non-hydrogen) atoms. The van der Waals surface area contributed by atoms with Crippen LogP contribution in [0.1, 0.15) is 51.9 Å². The van der Waals surface area contributed by atoms with Crippen molar-refractivity contribution in [2.45, 2.75) is 58.2 Å². The molecule has 1 aromatic heterocycles. The fourth-order valence-corrected chi connectivity index (χ4v) is 4.67. The van der Waals surface area contributed by atoms with Crippen LogP contribution in [0.25, 0.3) is 0 Å². The minimum absolute atomic E-state index is 0.0112. The molecule has 8 nitrogen and oxygen atoms in total. The minimum atomic E-state index is -4.03. The van der Waals surface area contributed by atoms with Crippen molar-refractivity contribution in [2.75, 3.05) is 13.2 Å². The summed E-state index contributed by atoms with van der Waals surface area (Å²) in [5, 5.41) is 3.84. The van der Waals surface area contributed by atoms with E-state index in [9.17, 15) is 18.1 Å². The van der Waals surface area contributed by atoms with E-state index in [2.05, 4.69) is 10.1 Å². The molecule has 0 fully saturated rings. The molecule has 0 amide bonds.